The van der Waals surface area contributed by atoms with Gasteiger partial charge in [0.1, 0.15) is 0 Å². The molecule has 10 heteroatoms. The summed E-state index contributed by atoms with van der Waals surface area (Å²) in [7, 11) is 0. The molecule has 0 radical (unpaired) electrons. The molecule has 4 rings (SSSR count). The van der Waals surface area contributed by atoms with Gasteiger partial charge in [0.15, 0.2) is 11.0 Å². The van der Waals surface area contributed by atoms with Crippen molar-refractivity contribution in [1.29, 1.82) is 0 Å². The molecule has 1 N–H and O–H groups in total. The summed E-state index contributed by atoms with van der Waals surface area (Å²) >= 11 is 13.5. The number of hydrogen-bond donors (Lipinski definition) is 1. The third-order valence-electron chi connectivity index (χ3n) is 4.60. The molecule has 0 bridgehead atoms. The van der Waals surface area contributed by atoms with Crippen LogP contribution in [0.2, 0.25) is 10.0 Å². The summed E-state index contributed by atoms with van der Waals surface area (Å²) in [4.78, 5) is 16.5. The Balaban J connectivity index is 1.53. The number of rotatable bonds is 7. The lowest BCUT2D eigenvalue weighted by Crippen LogP contribution is -2.21. The van der Waals surface area contributed by atoms with E-state index in [9.17, 15) is 4.79 Å². The van der Waals surface area contributed by atoms with Gasteiger partial charge in [0, 0.05) is 39.3 Å². The molecule has 7 nitrogen and oxygen atoms in total. The number of nitrogens with one attached hydrogen (secondary N) is 1. The van der Waals surface area contributed by atoms with Gasteiger partial charge in [-0.3, -0.25) is 14.3 Å². The number of hydrogen-bond acceptors (Lipinski definition) is 6. The molecule has 4 aromatic rings. The lowest BCUT2D eigenvalue weighted by molar-refractivity contribution is -0.118. The fourth-order valence-corrected chi connectivity index (χ4v) is 4.14. The van der Waals surface area contributed by atoms with E-state index in [4.69, 9.17) is 23.2 Å². The Morgan fingerprint density at radius 3 is 2.48 bits per heavy atom. The number of amides is 1. The molecule has 2 aromatic heterocycles. The highest BCUT2D eigenvalue weighted by atomic mass is 35.5. The van der Waals surface area contributed by atoms with Gasteiger partial charge in [-0.1, -0.05) is 53.2 Å². The number of benzene rings is 2. The fraction of sp³-hybridized carbons (Fsp3) is 0.0870. The van der Waals surface area contributed by atoms with Gasteiger partial charge < -0.3 is 0 Å². The van der Waals surface area contributed by atoms with Crippen molar-refractivity contribution < 1.29 is 4.79 Å². The summed E-state index contributed by atoms with van der Waals surface area (Å²) in [5.41, 5.74) is 5.62. The highest BCUT2D eigenvalue weighted by molar-refractivity contribution is 7.99. The van der Waals surface area contributed by atoms with Crippen LogP contribution in [0, 0.1) is 0 Å². The summed E-state index contributed by atoms with van der Waals surface area (Å²) in [6.07, 6.45) is 3.38. The van der Waals surface area contributed by atoms with Crippen molar-refractivity contribution in [2.45, 2.75) is 12.1 Å². The molecule has 0 aliphatic heterocycles. The van der Waals surface area contributed by atoms with Gasteiger partial charge in [-0.2, -0.15) is 5.10 Å². The Kier molecular flexibility index (Phi) is 7.39. The van der Waals surface area contributed by atoms with E-state index in [0.717, 1.165) is 16.8 Å². The molecule has 1 amide bonds. The van der Waals surface area contributed by atoms with Crippen LogP contribution >= 0.6 is 35.0 Å². The van der Waals surface area contributed by atoms with E-state index in [2.05, 4.69) is 25.7 Å². The van der Waals surface area contributed by atoms with Crippen LogP contribution in [0.1, 0.15) is 12.5 Å². The van der Waals surface area contributed by atoms with Crippen LogP contribution in [-0.4, -0.2) is 37.1 Å². The molecule has 2 aromatic carbocycles. The topological polar surface area (TPSA) is 85.1 Å². The van der Waals surface area contributed by atoms with Crippen molar-refractivity contribution in [1.82, 2.24) is 25.2 Å². The summed E-state index contributed by atoms with van der Waals surface area (Å²) in [6.45, 7) is 1.78. The van der Waals surface area contributed by atoms with Crippen LogP contribution in [0.25, 0.3) is 17.1 Å². The molecule has 0 saturated heterocycles. The van der Waals surface area contributed by atoms with Crippen molar-refractivity contribution in [3.05, 3.63) is 88.7 Å². The zero-order chi connectivity index (χ0) is 23.2. The summed E-state index contributed by atoms with van der Waals surface area (Å²) in [5, 5.41) is 14.6. The van der Waals surface area contributed by atoms with Crippen molar-refractivity contribution in [2.24, 2.45) is 5.10 Å². The molecule has 0 atom stereocenters. The Bertz CT molecular complexity index is 1290. The summed E-state index contributed by atoms with van der Waals surface area (Å²) in [6, 6.07) is 18.4. The first-order valence-electron chi connectivity index (χ1n) is 9.85. The van der Waals surface area contributed by atoms with Gasteiger partial charge in [0.05, 0.1) is 11.5 Å². The summed E-state index contributed by atoms with van der Waals surface area (Å²) in [5.74, 6) is 0.458. The van der Waals surface area contributed by atoms with Crippen molar-refractivity contribution in [3.8, 4) is 17.1 Å². The molecule has 2 heterocycles. The fourth-order valence-electron chi connectivity index (χ4n) is 3.00. The quantitative estimate of drug-likeness (QED) is 0.214. The average Bonchev–Trinajstić information content (AvgIpc) is 3.26. The smallest absolute Gasteiger partial charge is 0.250 e. The van der Waals surface area contributed by atoms with E-state index in [1.807, 2.05) is 47.0 Å². The van der Waals surface area contributed by atoms with Crippen molar-refractivity contribution in [3.63, 3.8) is 0 Å². The maximum atomic E-state index is 12.5. The normalized spacial score (nSPS) is 11.4. The largest absolute Gasteiger partial charge is 0.272 e. The number of hydrazone groups is 1. The highest BCUT2D eigenvalue weighted by Gasteiger charge is 2.17. The Hall–Kier alpha value is -3.20. The van der Waals surface area contributed by atoms with E-state index in [1.165, 1.54) is 11.8 Å². The van der Waals surface area contributed by atoms with Crippen LogP contribution in [0.15, 0.2) is 83.3 Å². The van der Waals surface area contributed by atoms with Crippen LogP contribution in [0.5, 0.6) is 0 Å². The predicted molar refractivity (Wildman–Crippen MR) is 132 cm³/mol. The monoisotopic (exact) mass is 496 g/mol. The molecule has 33 heavy (non-hydrogen) atoms. The van der Waals surface area contributed by atoms with Crippen molar-refractivity contribution in [2.75, 3.05) is 5.75 Å². The van der Waals surface area contributed by atoms with E-state index in [1.54, 1.807) is 37.5 Å². The zero-order valence-electron chi connectivity index (χ0n) is 17.4. The molecule has 0 aliphatic carbocycles. The lowest BCUT2D eigenvalue weighted by Gasteiger charge is -2.10. The third-order valence-corrected chi connectivity index (χ3v) is 6.11. The number of aromatic nitrogens is 4. The molecule has 0 spiro atoms. The van der Waals surface area contributed by atoms with E-state index >= 15 is 0 Å². The lowest BCUT2D eigenvalue weighted by atomic mass is 10.1. The zero-order valence-corrected chi connectivity index (χ0v) is 19.8. The second-order valence-corrected chi connectivity index (χ2v) is 8.64. The number of thioether (sulfide) groups is 1. The third kappa shape index (κ3) is 5.60. The van der Waals surface area contributed by atoms with Gasteiger partial charge in [0.25, 0.3) is 5.91 Å². The second kappa shape index (κ2) is 10.6. The predicted octanol–water partition coefficient (Wildman–Crippen LogP) is 5.27. The molecule has 0 saturated carbocycles. The maximum Gasteiger partial charge on any atom is 0.250 e. The van der Waals surface area contributed by atoms with Gasteiger partial charge in [-0.15, -0.1) is 10.2 Å². The van der Waals surface area contributed by atoms with Gasteiger partial charge in [-0.25, -0.2) is 5.43 Å². The maximum absolute atomic E-state index is 12.5. The first-order valence-corrected chi connectivity index (χ1v) is 11.6. The SMILES string of the molecule is CC(=NNC(=O)CSc1nnc(-c2ccncc2)n1-c1ccc(Cl)cc1)c1ccccc1Cl. The second-order valence-electron chi connectivity index (χ2n) is 6.85. The standard InChI is InChI=1S/C23H18Cl2N6OS/c1-15(19-4-2-3-5-20(19)25)27-28-21(32)14-33-23-30-29-22(16-10-12-26-13-11-16)31(23)18-8-6-17(24)7-9-18/h2-13H,14H2,1H3,(H,28,32). The van der Waals surface area contributed by atoms with E-state index in [-0.39, 0.29) is 11.7 Å². The molecular formula is C23H18Cl2N6OS. The molecular weight excluding hydrogens is 479 g/mol. The van der Waals surface area contributed by atoms with Crippen LogP contribution < -0.4 is 5.43 Å². The number of nitrogens with zero attached hydrogens (tertiary/aromatic N) is 5. The number of carbonyl (C=O) groups excluding carboxylic acids is 1. The van der Waals surface area contributed by atoms with Gasteiger partial charge in [-0.05, 0) is 49.4 Å². The van der Waals surface area contributed by atoms with Crippen molar-refractivity contribution >= 4 is 46.6 Å². The van der Waals surface area contributed by atoms with E-state index in [0.29, 0.717) is 26.7 Å². The molecule has 166 valence electrons. The van der Waals surface area contributed by atoms with E-state index < -0.39 is 0 Å². The molecule has 0 unspecified atom stereocenters. The number of halogens is 2. The highest BCUT2D eigenvalue weighted by Crippen LogP contribution is 2.28. The molecule has 0 aliphatic rings. The van der Waals surface area contributed by atoms with Crippen LogP contribution in [0.4, 0.5) is 0 Å². The van der Waals surface area contributed by atoms with Gasteiger partial charge in [0.2, 0.25) is 0 Å². The first kappa shape index (κ1) is 23.0. The minimum atomic E-state index is -0.275. The summed E-state index contributed by atoms with van der Waals surface area (Å²) < 4.78 is 1.88. The number of pyridine rings is 1. The molecule has 0 fully saturated rings. The van der Waals surface area contributed by atoms with Gasteiger partial charge >= 0.3 is 0 Å². The Morgan fingerprint density at radius 2 is 1.76 bits per heavy atom. The van der Waals surface area contributed by atoms with Crippen LogP contribution in [0.3, 0.4) is 0 Å². The average molecular weight is 497 g/mol. The minimum absolute atomic E-state index is 0.0986. The minimum Gasteiger partial charge on any atom is -0.272 e. The van der Waals surface area contributed by atoms with Crippen LogP contribution in [-0.2, 0) is 4.79 Å². The first-order chi connectivity index (χ1) is 16.0. The Morgan fingerprint density at radius 1 is 1.03 bits per heavy atom. The Labute approximate surface area is 204 Å². The number of carbonyl (C=O) groups is 1.